The second kappa shape index (κ2) is 6.85. The molecule has 3 aromatic carbocycles. The molecule has 0 unspecified atom stereocenters. The SMILES string of the molecule is CN1CCc2cc3c(cc21)S(C)(C)c1cc2c(cc1C31OC(=O)c3ccc(C(=O)O)cc31)CCN2C. The molecule has 4 aliphatic heterocycles. The molecule has 0 saturated carbocycles. The van der Waals surface area contributed by atoms with Crippen LogP contribution in [-0.4, -0.2) is 56.7 Å². The number of rotatable bonds is 1. The van der Waals surface area contributed by atoms with Crippen LogP contribution in [-0.2, 0) is 23.2 Å². The van der Waals surface area contributed by atoms with Gasteiger partial charge in [0.15, 0.2) is 5.60 Å². The average molecular weight is 501 g/mol. The number of carbonyl (C=O) groups is 2. The molecule has 3 aromatic rings. The standard InChI is InChI=1S/C29H28N2O4S/c1-30-9-7-16-11-21-25(14-23(16)30)36(3,4)26-15-24-17(8-10-31(24)2)12-22(26)29(21)20-13-18(27(32)33)5-6-19(20)28(34)35-29/h5-6,11-15H,7-10H2,1-4H3,(H,32,33). The van der Waals surface area contributed by atoms with E-state index >= 15 is 0 Å². The van der Waals surface area contributed by atoms with E-state index in [0.717, 1.165) is 37.1 Å². The molecule has 184 valence electrons. The van der Waals surface area contributed by atoms with Gasteiger partial charge in [-0.3, -0.25) is 0 Å². The van der Waals surface area contributed by atoms with Crippen molar-refractivity contribution in [1.29, 1.82) is 0 Å². The number of hydrogen-bond donors (Lipinski definition) is 1. The number of esters is 1. The molecule has 4 heterocycles. The molecule has 36 heavy (non-hydrogen) atoms. The highest BCUT2D eigenvalue weighted by Gasteiger charge is 2.56. The van der Waals surface area contributed by atoms with Gasteiger partial charge in [0.2, 0.25) is 0 Å². The highest BCUT2D eigenvalue weighted by atomic mass is 32.3. The quantitative estimate of drug-likeness (QED) is 0.492. The minimum Gasteiger partial charge on any atom is -0.478 e. The van der Waals surface area contributed by atoms with E-state index in [0.29, 0.717) is 11.1 Å². The Kier molecular flexibility index (Phi) is 4.15. The molecule has 7 rings (SSSR count). The second-order valence-electron chi connectivity index (χ2n) is 10.8. The van der Waals surface area contributed by atoms with Crippen molar-refractivity contribution in [3.63, 3.8) is 0 Å². The zero-order valence-corrected chi connectivity index (χ0v) is 21.7. The molecular formula is C29H28N2O4S. The third-order valence-corrected chi connectivity index (χ3v) is 11.5. The molecule has 0 radical (unpaired) electrons. The Morgan fingerprint density at radius 3 is 1.97 bits per heavy atom. The van der Waals surface area contributed by atoms with Crippen molar-refractivity contribution < 1.29 is 19.4 Å². The number of carboxylic acids is 1. The van der Waals surface area contributed by atoms with Gasteiger partial charge < -0.3 is 19.6 Å². The van der Waals surface area contributed by atoms with Crippen LogP contribution in [0.2, 0.25) is 0 Å². The predicted molar refractivity (Wildman–Crippen MR) is 142 cm³/mol. The van der Waals surface area contributed by atoms with E-state index in [-0.39, 0.29) is 5.56 Å². The third-order valence-electron chi connectivity index (χ3n) is 8.59. The molecule has 0 aliphatic carbocycles. The maximum absolute atomic E-state index is 13.4. The Balaban J connectivity index is 1.63. The maximum Gasteiger partial charge on any atom is 0.340 e. The molecule has 4 aliphatic rings. The van der Waals surface area contributed by atoms with Crippen molar-refractivity contribution in [3.8, 4) is 0 Å². The first-order valence-electron chi connectivity index (χ1n) is 12.2. The summed E-state index contributed by atoms with van der Waals surface area (Å²) in [5.74, 6) is -1.41. The van der Waals surface area contributed by atoms with Crippen LogP contribution < -0.4 is 9.80 Å². The number of carboxylic acid groups (broad SMARTS) is 1. The number of carbonyl (C=O) groups excluding carboxylic acids is 1. The summed E-state index contributed by atoms with van der Waals surface area (Å²) in [5, 5.41) is 9.82. The van der Waals surface area contributed by atoms with Gasteiger partial charge >= 0.3 is 11.9 Å². The minimum atomic E-state index is -1.46. The van der Waals surface area contributed by atoms with Crippen LogP contribution in [0.5, 0.6) is 0 Å². The molecule has 7 heteroatoms. The van der Waals surface area contributed by atoms with Crippen LogP contribution in [0.3, 0.4) is 0 Å². The number of benzene rings is 3. The Bertz CT molecular complexity index is 1470. The van der Waals surface area contributed by atoms with E-state index in [1.165, 1.54) is 38.4 Å². The smallest absolute Gasteiger partial charge is 0.340 e. The molecule has 0 atom stereocenters. The topological polar surface area (TPSA) is 70.1 Å². The Labute approximate surface area is 211 Å². The van der Waals surface area contributed by atoms with E-state index in [4.69, 9.17) is 4.74 Å². The van der Waals surface area contributed by atoms with Crippen LogP contribution in [0.1, 0.15) is 48.5 Å². The first-order valence-corrected chi connectivity index (χ1v) is 14.7. The summed E-state index contributed by atoms with van der Waals surface area (Å²) in [7, 11) is 2.79. The van der Waals surface area contributed by atoms with E-state index in [1.54, 1.807) is 12.1 Å². The predicted octanol–water partition coefficient (Wildman–Crippen LogP) is 4.63. The molecule has 0 saturated heterocycles. The van der Waals surface area contributed by atoms with Gasteiger partial charge in [-0.2, -0.15) is 10.0 Å². The van der Waals surface area contributed by atoms with Gasteiger partial charge in [-0.15, -0.1) is 0 Å². The maximum atomic E-state index is 13.4. The van der Waals surface area contributed by atoms with E-state index in [2.05, 4.69) is 60.7 Å². The lowest BCUT2D eigenvalue weighted by Gasteiger charge is -2.48. The van der Waals surface area contributed by atoms with Gasteiger partial charge in [-0.05, 0) is 78.9 Å². The van der Waals surface area contributed by atoms with E-state index < -0.39 is 27.6 Å². The number of nitrogens with zero attached hydrogens (tertiary/aromatic N) is 2. The molecule has 0 aromatic heterocycles. The molecule has 1 N–H and O–H groups in total. The fourth-order valence-corrected chi connectivity index (χ4v) is 9.16. The molecule has 6 nitrogen and oxygen atoms in total. The summed E-state index contributed by atoms with van der Waals surface area (Å²) < 4.78 is 6.47. The van der Waals surface area contributed by atoms with Gasteiger partial charge in [0.1, 0.15) is 0 Å². The second-order valence-corrected chi connectivity index (χ2v) is 14.3. The summed E-state index contributed by atoms with van der Waals surface area (Å²) in [6, 6.07) is 13.9. The summed E-state index contributed by atoms with van der Waals surface area (Å²) in [5.41, 5.74) is 7.03. The van der Waals surface area contributed by atoms with Gasteiger partial charge in [0.25, 0.3) is 0 Å². The molecular weight excluding hydrogens is 472 g/mol. The number of aromatic carboxylic acids is 1. The first kappa shape index (κ1) is 21.8. The average Bonchev–Trinajstić information content (AvgIpc) is 3.50. The number of hydrogen-bond acceptors (Lipinski definition) is 5. The molecule has 1 spiro atoms. The highest BCUT2D eigenvalue weighted by molar-refractivity contribution is 8.32. The van der Waals surface area contributed by atoms with Crippen LogP contribution in [0.15, 0.2) is 52.3 Å². The van der Waals surface area contributed by atoms with Crippen LogP contribution >= 0.6 is 10.0 Å². The van der Waals surface area contributed by atoms with Gasteiger partial charge in [0, 0.05) is 65.0 Å². The monoisotopic (exact) mass is 500 g/mol. The zero-order valence-electron chi connectivity index (χ0n) is 20.8. The first-order chi connectivity index (χ1) is 17.1. The summed E-state index contributed by atoms with van der Waals surface area (Å²) in [6.07, 6.45) is 6.52. The highest BCUT2D eigenvalue weighted by Crippen LogP contribution is 2.70. The van der Waals surface area contributed by atoms with Gasteiger partial charge in [0.05, 0.1) is 11.1 Å². The summed E-state index contributed by atoms with van der Waals surface area (Å²) in [6.45, 7) is 1.90. The van der Waals surface area contributed by atoms with Crippen LogP contribution in [0.4, 0.5) is 11.4 Å². The number of fused-ring (bicyclic) bond motifs is 8. The van der Waals surface area contributed by atoms with Crippen molar-refractivity contribution in [2.24, 2.45) is 0 Å². The lowest BCUT2D eigenvalue weighted by atomic mass is 9.77. The minimum absolute atomic E-state index is 0.161. The molecule has 0 amide bonds. The summed E-state index contributed by atoms with van der Waals surface area (Å²) >= 11 is 0. The van der Waals surface area contributed by atoms with Crippen molar-refractivity contribution >= 4 is 33.3 Å². The van der Waals surface area contributed by atoms with Crippen molar-refractivity contribution in [2.75, 3.05) is 49.5 Å². The number of ether oxygens (including phenoxy) is 1. The Hall–Kier alpha value is -3.45. The largest absolute Gasteiger partial charge is 0.478 e. The van der Waals surface area contributed by atoms with Gasteiger partial charge in [-0.25, -0.2) is 9.59 Å². The molecule has 0 fully saturated rings. The van der Waals surface area contributed by atoms with Gasteiger partial charge in [-0.1, -0.05) is 0 Å². The summed E-state index contributed by atoms with van der Waals surface area (Å²) in [4.78, 5) is 32.4. The van der Waals surface area contributed by atoms with Crippen molar-refractivity contribution in [1.82, 2.24) is 0 Å². The van der Waals surface area contributed by atoms with Crippen molar-refractivity contribution in [3.05, 3.63) is 81.4 Å². The van der Waals surface area contributed by atoms with E-state index in [9.17, 15) is 14.7 Å². The zero-order chi connectivity index (χ0) is 25.1. The normalized spacial score (nSPS) is 20.4. The third kappa shape index (κ3) is 2.54. The Morgan fingerprint density at radius 2 is 1.44 bits per heavy atom. The fraction of sp³-hybridized carbons (Fsp3) is 0.310. The molecule has 0 bridgehead atoms. The van der Waals surface area contributed by atoms with E-state index in [1.807, 2.05) is 0 Å². The Morgan fingerprint density at radius 1 is 0.889 bits per heavy atom. The number of anilines is 2. The number of likely N-dealkylation sites (N-methyl/N-ethyl adjacent to an activating group) is 2. The van der Waals surface area contributed by atoms with Crippen LogP contribution in [0.25, 0.3) is 0 Å². The lowest BCUT2D eigenvalue weighted by molar-refractivity contribution is 0.0231. The lowest BCUT2D eigenvalue weighted by Crippen LogP contribution is -2.36. The fourth-order valence-electron chi connectivity index (χ4n) is 6.61. The van der Waals surface area contributed by atoms with Crippen molar-refractivity contribution in [2.45, 2.75) is 28.2 Å². The van der Waals surface area contributed by atoms with Crippen LogP contribution in [0, 0.1) is 0 Å².